The standard InChI is InChI=1S/C18H19Cl2N7/c1-18(17(21)22)5-7-27(8-6-18)12-9-23-15-14(25-26-16(15)24-12)10-3-2-4-11(19)13(10)20/h2-4,9H,5-8H2,1H3,(H3,21,22)(H,24,25,26). The number of nitrogens with zero attached hydrogens (tertiary/aromatic N) is 4. The van der Waals surface area contributed by atoms with Crippen LogP contribution in [0.25, 0.3) is 22.4 Å². The van der Waals surface area contributed by atoms with E-state index in [-0.39, 0.29) is 11.3 Å². The van der Waals surface area contributed by atoms with Crippen molar-refractivity contribution >= 4 is 46.0 Å². The summed E-state index contributed by atoms with van der Waals surface area (Å²) < 4.78 is 0. The van der Waals surface area contributed by atoms with E-state index in [9.17, 15) is 0 Å². The summed E-state index contributed by atoms with van der Waals surface area (Å²) in [5.74, 6) is 1.03. The van der Waals surface area contributed by atoms with Crippen molar-refractivity contribution in [1.82, 2.24) is 20.2 Å². The predicted molar refractivity (Wildman–Crippen MR) is 109 cm³/mol. The lowest BCUT2D eigenvalue weighted by molar-refractivity contribution is 0.350. The summed E-state index contributed by atoms with van der Waals surface area (Å²) in [6, 6.07) is 5.41. The number of anilines is 1. The van der Waals surface area contributed by atoms with Gasteiger partial charge in [0.2, 0.25) is 0 Å². The number of hydrogen-bond donors (Lipinski definition) is 3. The number of nitrogens with one attached hydrogen (secondary N) is 2. The van der Waals surface area contributed by atoms with Crippen molar-refractivity contribution in [3.63, 3.8) is 0 Å². The van der Waals surface area contributed by atoms with Crippen LogP contribution in [0.5, 0.6) is 0 Å². The van der Waals surface area contributed by atoms with Gasteiger partial charge in [0.15, 0.2) is 5.65 Å². The van der Waals surface area contributed by atoms with E-state index in [1.54, 1.807) is 12.3 Å². The van der Waals surface area contributed by atoms with E-state index in [2.05, 4.69) is 25.1 Å². The lowest BCUT2D eigenvalue weighted by atomic mass is 9.79. The molecule has 0 aliphatic carbocycles. The average molecular weight is 404 g/mol. The fourth-order valence-corrected chi connectivity index (χ4v) is 3.71. The van der Waals surface area contributed by atoms with Gasteiger partial charge in [-0.25, -0.2) is 9.97 Å². The molecule has 1 fully saturated rings. The van der Waals surface area contributed by atoms with Gasteiger partial charge in [-0.3, -0.25) is 10.5 Å². The molecule has 27 heavy (non-hydrogen) atoms. The number of fused-ring (bicyclic) bond motifs is 1. The monoisotopic (exact) mass is 403 g/mol. The molecule has 3 aromatic rings. The van der Waals surface area contributed by atoms with E-state index < -0.39 is 0 Å². The quantitative estimate of drug-likeness (QED) is 0.454. The Labute approximate surface area is 166 Å². The topological polar surface area (TPSA) is 108 Å². The van der Waals surface area contributed by atoms with E-state index in [4.69, 9.17) is 34.3 Å². The SMILES string of the molecule is CC1(C(=N)N)CCN(c2cnc3c(-c4cccc(Cl)c4Cl)n[nH]c3n2)CC1. The van der Waals surface area contributed by atoms with Gasteiger partial charge in [-0.15, -0.1) is 0 Å². The minimum Gasteiger partial charge on any atom is -0.387 e. The number of benzene rings is 1. The van der Waals surface area contributed by atoms with Crippen molar-refractivity contribution in [2.24, 2.45) is 11.1 Å². The van der Waals surface area contributed by atoms with Crippen molar-refractivity contribution < 1.29 is 0 Å². The van der Waals surface area contributed by atoms with Crippen LogP contribution in [0.1, 0.15) is 19.8 Å². The molecule has 3 heterocycles. The van der Waals surface area contributed by atoms with Crippen LogP contribution in [0.15, 0.2) is 24.4 Å². The maximum Gasteiger partial charge on any atom is 0.177 e. The van der Waals surface area contributed by atoms with Gasteiger partial charge < -0.3 is 10.6 Å². The first-order chi connectivity index (χ1) is 12.9. The van der Waals surface area contributed by atoms with Gasteiger partial charge >= 0.3 is 0 Å². The molecular formula is C18H19Cl2N7. The molecule has 4 N–H and O–H groups in total. The number of aromatic amines is 1. The molecule has 1 aromatic carbocycles. The average Bonchev–Trinajstić information content (AvgIpc) is 3.07. The number of H-pyrrole nitrogens is 1. The Balaban J connectivity index is 1.64. The number of hydrogen-bond acceptors (Lipinski definition) is 5. The lowest BCUT2D eigenvalue weighted by Crippen LogP contribution is -2.45. The summed E-state index contributed by atoms with van der Waals surface area (Å²) >= 11 is 12.4. The van der Waals surface area contributed by atoms with Crippen molar-refractivity contribution in [3.8, 4) is 11.3 Å². The zero-order valence-electron chi connectivity index (χ0n) is 14.8. The van der Waals surface area contributed by atoms with Crippen molar-refractivity contribution in [2.45, 2.75) is 19.8 Å². The first-order valence-electron chi connectivity index (χ1n) is 8.64. The largest absolute Gasteiger partial charge is 0.387 e. The summed E-state index contributed by atoms with van der Waals surface area (Å²) in [6.45, 7) is 3.59. The fraction of sp³-hybridized carbons (Fsp3) is 0.333. The van der Waals surface area contributed by atoms with Crippen LogP contribution in [0.4, 0.5) is 5.82 Å². The number of piperidine rings is 1. The molecule has 2 aromatic heterocycles. The summed E-state index contributed by atoms with van der Waals surface area (Å²) in [5, 5.41) is 16.0. The van der Waals surface area contributed by atoms with Gasteiger partial charge in [-0.05, 0) is 18.9 Å². The van der Waals surface area contributed by atoms with Gasteiger partial charge in [0.25, 0.3) is 0 Å². The van der Waals surface area contributed by atoms with E-state index in [0.29, 0.717) is 32.5 Å². The van der Waals surface area contributed by atoms with Crippen LogP contribution in [-0.4, -0.2) is 39.1 Å². The van der Waals surface area contributed by atoms with Crippen LogP contribution in [0, 0.1) is 10.8 Å². The molecule has 0 spiro atoms. The van der Waals surface area contributed by atoms with Gasteiger partial charge in [0.05, 0.1) is 22.1 Å². The van der Waals surface area contributed by atoms with Crippen LogP contribution in [-0.2, 0) is 0 Å². The second kappa shape index (κ2) is 6.65. The normalized spacial score (nSPS) is 16.6. The Morgan fingerprint density at radius 2 is 2.04 bits per heavy atom. The minimum absolute atomic E-state index is 0.238. The third-order valence-electron chi connectivity index (χ3n) is 5.31. The minimum atomic E-state index is -0.238. The Bertz CT molecular complexity index is 1020. The highest BCUT2D eigenvalue weighted by Gasteiger charge is 2.33. The molecule has 0 atom stereocenters. The molecule has 0 unspecified atom stereocenters. The fourth-order valence-electron chi connectivity index (χ4n) is 3.32. The number of rotatable bonds is 3. The van der Waals surface area contributed by atoms with Crippen LogP contribution < -0.4 is 10.6 Å². The first kappa shape index (κ1) is 18.0. The van der Waals surface area contributed by atoms with Crippen molar-refractivity contribution in [3.05, 3.63) is 34.4 Å². The van der Waals surface area contributed by atoms with E-state index in [0.717, 1.165) is 31.7 Å². The van der Waals surface area contributed by atoms with E-state index in [1.807, 2.05) is 19.1 Å². The van der Waals surface area contributed by atoms with Gasteiger partial charge in [-0.1, -0.05) is 42.3 Å². The summed E-state index contributed by atoms with van der Waals surface area (Å²) in [6.07, 6.45) is 3.37. The number of nitrogens with two attached hydrogens (primary N) is 1. The van der Waals surface area contributed by atoms with Crippen molar-refractivity contribution in [2.75, 3.05) is 18.0 Å². The smallest absolute Gasteiger partial charge is 0.177 e. The Hall–Kier alpha value is -2.38. The summed E-state index contributed by atoms with van der Waals surface area (Å²) in [5.41, 5.74) is 8.09. The van der Waals surface area contributed by atoms with Crippen LogP contribution in [0.3, 0.4) is 0 Å². The maximum atomic E-state index is 7.78. The molecule has 4 rings (SSSR count). The summed E-state index contributed by atoms with van der Waals surface area (Å²) in [7, 11) is 0. The highest BCUT2D eigenvalue weighted by atomic mass is 35.5. The van der Waals surface area contributed by atoms with Crippen LogP contribution in [0.2, 0.25) is 10.0 Å². The number of aromatic nitrogens is 4. The Morgan fingerprint density at radius 1 is 1.30 bits per heavy atom. The van der Waals surface area contributed by atoms with Gasteiger partial charge in [0, 0.05) is 24.1 Å². The lowest BCUT2D eigenvalue weighted by Gasteiger charge is -2.38. The van der Waals surface area contributed by atoms with Gasteiger partial charge in [0.1, 0.15) is 17.0 Å². The Kier molecular flexibility index (Phi) is 4.44. The molecule has 0 bridgehead atoms. The second-order valence-corrected chi connectivity index (χ2v) is 7.85. The maximum absolute atomic E-state index is 7.78. The van der Waals surface area contributed by atoms with E-state index in [1.165, 1.54) is 0 Å². The molecular weight excluding hydrogens is 385 g/mol. The predicted octanol–water partition coefficient (Wildman–Crippen LogP) is 3.87. The molecule has 9 heteroatoms. The third kappa shape index (κ3) is 3.11. The molecule has 7 nitrogen and oxygen atoms in total. The summed E-state index contributed by atoms with van der Waals surface area (Å²) in [4.78, 5) is 11.4. The molecule has 1 aliphatic heterocycles. The molecule has 0 saturated carbocycles. The third-order valence-corrected chi connectivity index (χ3v) is 6.12. The Morgan fingerprint density at radius 3 is 2.74 bits per heavy atom. The van der Waals surface area contributed by atoms with Gasteiger partial charge in [-0.2, -0.15) is 5.10 Å². The van der Waals surface area contributed by atoms with Crippen molar-refractivity contribution in [1.29, 1.82) is 5.41 Å². The zero-order chi connectivity index (χ0) is 19.2. The number of amidine groups is 1. The molecule has 140 valence electrons. The van der Waals surface area contributed by atoms with E-state index >= 15 is 0 Å². The molecule has 0 amide bonds. The van der Waals surface area contributed by atoms with Crippen LogP contribution >= 0.6 is 23.2 Å². The second-order valence-electron chi connectivity index (χ2n) is 7.06. The highest BCUT2D eigenvalue weighted by Crippen LogP contribution is 2.36. The first-order valence-corrected chi connectivity index (χ1v) is 9.39. The number of halogens is 2. The zero-order valence-corrected chi connectivity index (χ0v) is 16.3. The molecule has 1 aliphatic rings. The molecule has 0 radical (unpaired) electrons. The highest BCUT2D eigenvalue weighted by molar-refractivity contribution is 6.43. The molecule has 1 saturated heterocycles.